The summed E-state index contributed by atoms with van der Waals surface area (Å²) in [6, 6.07) is 5.79. The van der Waals surface area contributed by atoms with Gasteiger partial charge in [-0.3, -0.25) is 9.69 Å². The normalized spacial score (nSPS) is 17.5. The van der Waals surface area contributed by atoms with Crippen molar-refractivity contribution in [3.05, 3.63) is 35.2 Å². The van der Waals surface area contributed by atoms with Gasteiger partial charge in [0.05, 0.1) is 23.3 Å². The third-order valence-corrected chi connectivity index (χ3v) is 5.04. The minimum absolute atomic E-state index is 0.0648. The standard InChI is InChI=1S/C19H22N4O3/c1-19(2)15-16(20-3)21-14(10-24)22-17(15)23(18(19)25)12-6-7-13-11(9-12)5-4-8-26-13/h6-7,9,24H,4-5,8,10H2,1-3H3,(H,20,21,22). The summed E-state index contributed by atoms with van der Waals surface area (Å²) in [5.41, 5.74) is 1.83. The summed E-state index contributed by atoms with van der Waals surface area (Å²) >= 11 is 0. The van der Waals surface area contributed by atoms with Gasteiger partial charge in [0.15, 0.2) is 5.82 Å². The fourth-order valence-corrected chi connectivity index (χ4v) is 3.69. The van der Waals surface area contributed by atoms with Crippen molar-refractivity contribution in [2.24, 2.45) is 0 Å². The largest absolute Gasteiger partial charge is 0.493 e. The Labute approximate surface area is 152 Å². The molecule has 3 heterocycles. The molecule has 0 saturated heterocycles. The van der Waals surface area contributed by atoms with Crippen molar-refractivity contribution >= 4 is 23.2 Å². The Morgan fingerprint density at radius 1 is 1.35 bits per heavy atom. The topological polar surface area (TPSA) is 87.6 Å². The Bertz CT molecular complexity index is 895. The van der Waals surface area contributed by atoms with Crippen LogP contribution in [0.1, 0.15) is 37.2 Å². The zero-order chi connectivity index (χ0) is 18.5. The Morgan fingerprint density at radius 2 is 2.15 bits per heavy atom. The molecule has 7 nitrogen and oxygen atoms in total. The fourth-order valence-electron chi connectivity index (χ4n) is 3.69. The highest BCUT2D eigenvalue weighted by Gasteiger charge is 2.48. The van der Waals surface area contributed by atoms with Gasteiger partial charge in [-0.25, -0.2) is 9.97 Å². The lowest BCUT2D eigenvalue weighted by molar-refractivity contribution is -0.121. The fraction of sp³-hybridized carbons (Fsp3) is 0.421. The van der Waals surface area contributed by atoms with Crippen molar-refractivity contribution in [2.75, 3.05) is 23.9 Å². The number of hydrogen-bond acceptors (Lipinski definition) is 6. The monoisotopic (exact) mass is 354 g/mol. The summed E-state index contributed by atoms with van der Waals surface area (Å²) in [5.74, 6) is 2.19. The number of aromatic nitrogens is 2. The second-order valence-corrected chi connectivity index (χ2v) is 7.10. The Hall–Kier alpha value is -2.67. The summed E-state index contributed by atoms with van der Waals surface area (Å²) in [6.07, 6.45) is 1.89. The van der Waals surface area contributed by atoms with Crippen LogP contribution in [-0.4, -0.2) is 34.6 Å². The van der Waals surface area contributed by atoms with Crippen molar-refractivity contribution in [3.8, 4) is 5.75 Å². The maximum Gasteiger partial charge on any atom is 0.243 e. The lowest BCUT2D eigenvalue weighted by atomic mass is 9.87. The predicted molar refractivity (Wildman–Crippen MR) is 97.9 cm³/mol. The summed E-state index contributed by atoms with van der Waals surface area (Å²) in [4.78, 5) is 23.7. The lowest BCUT2D eigenvalue weighted by Gasteiger charge is -2.23. The molecule has 0 radical (unpaired) electrons. The molecule has 136 valence electrons. The minimum Gasteiger partial charge on any atom is -0.493 e. The second kappa shape index (κ2) is 5.95. The highest BCUT2D eigenvalue weighted by atomic mass is 16.5. The molecule has 26 heavy (non-hydrogen) atoms. The average Bonchev–Trinajstić information content (AvgIpc) is 2.86. The van der Waals surface area contributed by atoms with Crippen LogP contribution < -0.4 is 15.0 Å². The molecule has 0 bridgehead atoms. The van der Waals surface area contributed by atoms with Crippen molar-refractivity contribution in [1.29, 1.82) is 0 Å². The molecule has 0 spiro atoms. The van der Waals surface area contributed by atoms with E-state index >= 15 is 0 Å². The van der Waals surface area contributed by atoms with E-state index in [1.54, 1.807) is 11.9 Å². The second-order valence-electron chi connectivity index (χ2n) is 7.10. The third kappa shape index (κ3) is 2.34. The summed E-state index contributed by atoms with van der Waals surface area (Å²) in [7, 11) is 1.75. The van der Waals surface area contributed by atoms with E-state index in [0.29, 0.717) is 11.6 Å². The molecule has 2 aliphatic heterocycles. The number of aliphatic hydroxyl groups is 1. The van der Waals surface area contributed by atoms with Crippen LogP contribution in [0.2, 0.25) is 0 Å². The molecule has 0 fully saturated rings. The van der Waals surface area contributed by atoms with E-state index < -0.39 is 5.41 Å². The molecule has 0 unspecified atom stereocenters. The number of aryl methyl sites for hydroxylation is 1. The molecule has 1 aromatic heterocycles. The van der Waals surface area contributed by atoms with Crippen LogP contribution in [0.25, 0.3) is 0 Å². The number of aliphatic hydroxyl groups excluding tert-OH is 1. The Balaban J connectivity index is 1.90. The molecule has 2 N–H and O–H groups in total. The van der Waals surface area contributed by atoms with Crippen LogP contribution >= 0.6 is 0 Å². The highest BCUT2D eigenvalue weighted by Crippen LogP contribution is 2.47. The van der Waals surface area contributed by atoms with Crippen LogP contribution in [0.15, 0.2) is 18.2 Å². The van der Waals surface area contributed by atoms with E-state index in [1.807, 2.05) is 32.0 Å². The van der Waals surface area contributed by atoms with E-state index in [1.165, 1.54) is 0 Å². The molecule has 2 aliphatic rings. The van der Waals surface area contributed by atoms with Gasteiger partial charge in [0.2, 0.25) is 5.91 Å². The molecule has 1 aromatic carbocycles. The maximum atomic E-state index is 13.3. The number of ether oxygens (including phenoxy) is 1. The van der Waals surface area contributed by atoms with Crippen LogP contribution in [0.5, 0.6) is 5.75 Å². The van der Waals surface area contributed by atoms with Crippen molar-refractivity contribution in [3.63, 3.8) is 0 Å². The molecule has 0 saturated carbocycles. The molecule has 0 aliphatic carbocycles. The first kappa shape index (κ1) is 16.8. The summed E-state index contributed by atoms with van der Waals surface area (Å²) in [6.45, 7) is 4.18. The van der Waals surface area contributed by atoms with Gasteiger partial charge in [-0.1, -0.05) is 0 Å². The zero-order valence-corrected chi connectivity index (χ0v) is 15.2. The van der Waals surface area contributed by atoms with Crippen LogP contribution in [0.3, 0.4) is 0 Å². The Morgan fingerprint density at radius 3 is 2.88 bits per heavy atom. The van der Waals surface area contributed by atoms with E-state index in [9.17, 15) is 9.90 Å². The van der Waals surface area contributed by atoms with Crippen molar-refractivity contribution in [2.45, 2.75) is 38.7 Å². The first-order valence-electron chi connectivity index (χ1n) is 8.77. The zero-order valence-electron chi connectivity index (χ0n) is 15.2. The van der Waals surface area contributed by atoms with Gasteiger partial charge in [0.25, 0.3) is 0 Å². The number of fused-ring (bicyclic) bond motifs is 2. The number of hydrogen-bond donors (Lipinski definition) is 2. The summed E-state index contributed by atoms with van der Waals surface area (Å²) in [5, 5.41) is 12.6. The lowest BCUT2D eigenvalue weighted by Crippen LogP contribution is -2.33. The average molecular weight is 354 g/mol. The maximum absolute atomic E-state index is 13.3. The first-order valence-corrected chi connectivity index (χ1v) is 8.77. The van der Waals surface area contributed by atoms with E-state index in [-0.39, 0.29) is 18.3 Å². The number of carbonyl (C=O) groups is 1. The smallest absolute Gasteiger partial charge is 0.243 e. The quantitative estimate of drug-likeness (QED) is 0.879. The van der Waals surface area contributed by atoms with Gasteiger partial charge in [-0.05, 0) is 50.5 Å². The molecular weight excluding hydrogens is 332 g/mol. The number of amides is 1. The van der Waals surface area contributed by atoms with Gasteiger partial charge in [-0.2, -0.15) is 0 Å². The van der Waals surface area contributed by atoms with Gasteiger partial charge >= 0.3 is 0 Å². The minimum atomic E-state index is -0.770. The molecule has 1 amide bonds. The number of anilines is 3. The van der Waals surface area contributed by atoms with Crippen molar-refractivity contribution in [1.82, 2.24) is 9.97 Å². The van der Waals surface area contributed by atoms with Crippen LogP contribution in [-0.2, 0) is 23.2 Å². The number of carbonyl (C=O) groups excluding carboxylic acids is 1. The highest BCUT2D eigenvalue weighted by molar-refractivity contribution is 6.12. The van der Waals surface area contributed by atoms with Crippen LogP contribution in [0.4, 0.5) is 17.3 Å². The van der Waals surface area contributed by atoms with Gasteiger partial charge in [0.1, 0.15) is 24.0 Å². The summed E-state index contributed by atoms with van der Waals surface area (Å²) < 4.78 is 5.68. The molecular formula is C19H22N4O3. The van der Waals surface area contributed by atoms with E-state index in [4.69, 9.17) is 4.74 Å². The predicted octanol–water partition coefficient (Wildman–Crippen LogP) is 2.29. The number of nitrogens with zero attached hydrogens (tertiary/aromatic N) is 3. The van der Waals surface area contributed by atoms with Gasteiger partial charge in [0, 0.05) is 7.05 Å². The number of rotatable bonds is 3. The molecule has 4 rings (SSSR count). The number of nitrogens with one attached hydrogen (secondary N) is 1. The molecule has 0 atom stereocenters. The van der Waals surface area contributed by atoms with Gasteiger partial charge < -0.3 is 15.2 Å². The molecule has 2 aromatic rings. The van der Waals surface area contributed by atoms with Crippen LogP contribution in [0, 0.1) is 0 Å². The van der Waals surface area contributed by atoms with Crippen molar-refractivity contribution < 1.29 is 14.6 Å². The third-order valence-electron chi connectivity index (χ3n) is 5.04. The first-order chi connectivity index (χ1) is 12.5. The SMILES string of the molecule is CNc1nc(CO)nc2c1C(C)(C)C(=O)N2c1ccc2c(c1)CCCO2. The van der Waals surface area contributed by atoms with E-state index in [0.717, 1.165) is 42.0 Å². The van der Waals surface area contributed by atoms with E-state index in [2.05, 4.69) is 15.3 Å². The number of benzene rings is 1. The van der Waals surface area contributed by atoms with Gasteiger partial charge in [-0.15, -0.1) is 0 Å². The molecule has 7 heteroatoms. The Kier molecular flexibility index (Phi) is 3.84.